The van der Waals surface area contributed by atoms with Crippen molar-refractivity contribution in [3.63, 3.8) is 0 Å². The molecule has 0 aliphatic rings. The van der Waals surface area contributed by atoms with E-state index < -0.39 is 0 Å². The first-order valence-corrected chi connectivity index (χ1v) is 7.78. The van der Waals surface area contributed by atoms with Crippen LogP contribution in [0, 0.1) is 0 Å². The molecule has 1 aromatic carbocycles. The smallest absolute Gasteiger partial charge is 0.153 e. The molecule has 3 rings (SSSR count). The number of thiazole rings is 1. The van der Waals surface area contributed by atoms with Gasteiger partial charge in [-0.15, -0.1) is 16.4 Å². The summed E-state index contributed by atoms with van der Waals surface area (Å²) in [5.41, 5.74) is 8.01. The van der Waals surface area contributed by atoms with Crippen molar-refractivity contribution < 1.29 is 0 Å². The number of hydrogen-bond donors (Lipinski definition) is 1. The fourth-order valence-electron chi connectivity index (χ4n) is 2.19. The van der Waals surface area contributed by atoms with Crippen LogP contribution in [0.2, 0.25) is 0 Å². The topological polar surface area (TPSA) is 64.7 Å². The van der Waals surface area contributed by atoms with Crippen molar-refractivity contribution in [1.82, 2.24) is 15.2 Å². The highest BCUT2D eigenvalue weighted by Crippen LogP contribution is 2.27. The van der Waals surface area contributed by atoms with Crippen molar-refractivity contribution in [2.75, 3.05) is 5.73 Å². The largest absolute Gasteiger partial charge is 0.382 e. The Morgan fingerprint density at radius 1 is 1.10 bits per heavy atom. The van der Waals surface area contributed by atoms with Gasteiger partial charge in [0.05, 0.1) is 16.4 Å². The number of fused-ring (bicyclic) bond motifs is 1. The highest BCUT2D eigenvalue weighted by molar-refractivity contribution is 7.09. The van der Waals surface area contributed by atoms with Crippen LogP contribution >= 0.6 is 11.3 Å². The Bertz CT molecular complexity index is 786. The Labute approximate surface area is 128 Å². The maximum atomic E-state index is 5.89. The number of hydrogen-bond acceptors (Lipinski definition) is 5. The van der Waals surface area contributed by atoms with E-state index in [1.54, 1.807) is 11.3 Å². The molecule has 2 N–H and O–H groups in total. The van der Waals surface area contributed by atoms with Gasteiger partial charge in [-0.25, -0.2) is 4.98 Å². The van der Waals surface area contributed by atoms with Crippen molar-refractivity contribution >= 4 is 27.9 Å². The summed E-state index contributed by atoms with van der Waals surface area (Å²) in [4.78, 5) is 4.73. The average Bonchev–Trinajstić information content (AvgIpc) is 2.91. The lowest BCUT2D eigenvalue weighted by atomic mass is 9.93. The number of nitrogens with two attached hydrogens (primary N) is 1. The van der Waals surface area contributed by atoms with Gasteiger partial charge < -0.3 is 5.73 Å². The lowest BCUT2D eigenvalue weighted by Crippen LogP contribution is -2.11. The van der Waals surface area contributed by atoms with Gasteiger partial charge >= 0.3 is 0 Å². The average molecular weight is 298 g/mol. The van der Waals surface area contributed by atoms with Gasteiger partial charge in [0.2, 0.25) is 0 Å². The number of benzene rings is 1. The maximum Gasteiger partial charge on any atom is 0.153 e. The van der Waals surface area contributed by atoms with Crippen molar-refractivity contribution in [2.24, 2.45) is 0 Å². The van der Waals surface area contributed by atoms with Crippen LogP contribution < -0.4 is 5.73 Å². The number of anilines is 1. The molecule has 0 aliphatic carbocycles. The van der Waals surface area contributed by atoms with E-state index in [4.69, 9.17) is 10.7 Å². The molecule has 108 valence electrons. The summed E-state index contributed by atoms with van der Waals surface area (Å²) >= 11 is 1.67. The van der Waals surface area contributed by atoms with E-state index in [9.17, 15) is 0 Å². The van der Waals surface area contributed by atoms with Crippen molar-refractivity contribution in [3.05, 3.63) is 46.0 Å². The van der Waals surface area contributed by atoms with Crippen LogP contribution in [0.25, 0.3) is 10.8 Å². The van der Waals surface area contributed by atoms with Crippen LogP contribution in [-0.4, -0.2) is 15.2 Å². The third-order valence-electron chi connectivity index (χ3n) is 3.43. The summed E-state index contributed by atoms with van der Waals surface area (Å²) in [6.45, 7) is 6.51. The van der Waals surface area contributed by atoms with E-state index in [-0.39, 0.29) is 5.41 Å². The molecule has 4 nitrogen and oxygen atoms in total. The van der Waals surface area contributed by atoms with E-state index in [0.29, 0.717) is 12.2 Å². The number of nitrogen functional groups attached to an aromatic ring is 1. The quantitative estimate of drug-likeness (QED) is 0.785. The Hall–Kier alpha value is -2.01. The molecule has 21 heavy (non-hydrogen) atoms. The first kappa shape index (κ1) is 13.9. The molecule has 2 aromatic heterocycles. The van der Waals surface area contributed by atoms with Gasteiger partial charge in [0.15, 0.2) is 5.82 Å². The second-order valence-electron chi connectivity index (χ2n) is 6.13. The zero-order chi connectivity index (χ0) is 15.0. The van der Waals surface area contributed by atoms with Gasteiger partial charge in [-0.1, -0.05) is 45.0 Å². The molecule has 0 aliphatic heterocycles. The van der Waals surface area contributed by atoms with Crippen LogP contribution in [0.5, 0.6) is 0 Å². The predicted octanol–water partition coefficient (Wildman–Crippen LogP) is 3.56. The molecule has 2 heterocycles. The predicted molar refractivity (Wildman–Crippen MR) is 87.6 cm³/mol. The fraction of sp³-hybridized carbons (Fsp3) is 0.312. The van der Waals surface area contributed by atoms with Crippen LogP contribution in [0.1, 0.15) is 37.2 Å². The molecular weight excluding hydrogens is 280 g/mol. The van der Waals surface area contributed by atoms with E-state index in [0.717, 1.165) is 27.2 Å². The van der Waals surface area contributed by atoms with E-state index >= 15 is 0 Å². The number of rotatable bonds is 2. The molecule has 0 bridgehead atoms. The number of aromatic nitrogens is 3. The minimum atomic E-state index is 0.0730. The summed E-state index contributed by atoms with van der Waals surface area (Å²) in [7, 11) is 0. The molecule has 5 heteroatoms. The van der Waals surface area contributed by atoms with E-state index in [2.05, 4.69) is 36.3 Å². The van der Waals surface area contributed by atoms with Crippen molar-refractivity contribution in [1.29, 1.82) is 0 Å². The second-order valence-corrected chi connectivity index (χ2v) is 7.07. The summed E-state index contributed by atoms with van der Waals surface area (Å²) in [5.74, 6) is 0.476. The Morgan fingerprint density at radius 2 is 1.81 bits per heavy atom. The van der Waals surface area contributed by atoms with Crippen molar-refractivity contribution in [3.8, 4) is 0 Å². The first-order chi connectivity index (χ1) is 9.95. The zero-order valence-corrected chi connectivity index (χ0v) is 13.2. The normalized spacial score (nSPS) is 12.0. The minimum absolute atomic E-state index is 0.0730. The molecule has 3 aromatic rings. The number of nitrogens with zero attached hydrogens (tertiary/aromatic N) is 3. The Morgan fingerprint density at radius 3 is 2.48 bits per heavy atom. The highest BCUT2D eigenvalue weighted by Gasteiger charge is 2.18. The lowest BCUT2D eigenvalue weighted by Gasteiger charge is -2.14. The fourth-order valence-corrected chi connectivity index (χ4v) is 3.22. The summed E-state index contributed by atoms with van der Waals surface area (Å²) in [6.07, 6.45) is 0.689. The third kappa shape index (κ3) is 2.74. The summed E-state index contributed by atoms with van der Waals surface area (Å²) in [6, 6.07) is 7.97. The van der Waals surface area contributed by atoms with E-state index in [1.807, 2.05) is 24.3 Å². The molecule has 0 spiro atoms. The third-order valence-corrected chi connectivity index (χ3v) is 4.28. The Kier molecular flexibility index (Phi) is 3.37. The Balaban J connectivity index is 1.99. The van der Waals surface area contributed by atoms with Gasteiger partial charge in [0.1, 0.15) is 0 Å². The van der Waals surface area contributed by atoms with Gasteiger partial charge in [-0.2, -0.15) is 5.10 Å². The second kappa shape index (κ2) is 5.07. The first-order valence-electron chi connectivity index (χ1n) is 6.90. The van der Waals surface area contributed by atoms with Crippen molar-refractivity contribution in [2.45, 2.75) is 32.6 Å². The molecule has 0 amide bonds. The van der Waals surface area contributed by atoms with E-state index in [1.165, 1.54) is 0 Å². The van der Waals surface area contributed by atoms with Crippen LogP contribution in [-0.2, 0) is 11.8 Å². The SMILES string of the molecule is CC(C)(C)c1csc(Cc2nnc(N)c3ccccc23)n1. The minimum Gasteiger partial charge on any atom is -0.382 e. The van der Waals surface area contributed by atoms with Crippen LogP contribution in [0.3, 0.4) is 0 Å². The molecule has 0 saturated carbocycles. The maximum absolute atomic E-state index is 5.89. The highest BCUT2D eigenvalue weighted by atomic mass is 32.1. The van der Waals surface area contributed by atoms with Gasteiger partial charge in [-0.05, 0) is 0 Å². The summed E-state index contributed by atoms with van der Waals surface area (Å²) in [5, 5.41) is 13.5. The molecule has 0 atom stereocenters. The van der Waals surface area contributed by atoms with Gasteiger partial charge in [-0.3, -0.25) is 0 Å². The standard InChI is InChI=1S/C16H18N4S/c1-16(2,3)13-9-21-14(18-13)8-12-10-6-4-5-7-11(10)15(17)20-19-12/h4-7,9H,8H2,1-3H3,(H2,17,20). The lowest BCUT2D eigenvalue weighted by molar-refractivity contribution is 0.571. The molecule has 0 fully saturated rings. The zero-order valence-electron chi connectivity index (χ0n) is 12.4. The molecule has 0 radical (unpaired) electrons. The monoisotopic (exact) mass is 298 g/mol. The van der Waals surface area contributed by atoms with Crippen LogP contribution in [0.4, 0.5) is 5.82 Å². The molecular formula is C16H18N4S. The molecule has 0 unspecified atom stereocenters. The van der Waals surface area contributed by atoms with Gasteiger partial charge in [0, 0.05) is 28.0 Å². The van der Waals surface area contributed by atoms with Crippen LogP contribution in [0.15, 0.2) is 29.6 Å². The summed E-state index contributed by atoms with van der Waals surface area (Å²) < 4.78 is 0. The van der Waals surface area contributed by atoms with Gasteiger partial charge in [0.25, 0.3) is 0 Å². The molecule has 0 saturated heterocycles.